The molecule has 0 amide bonds. The van der Waals surface area contributed by atoms with Crippen LogP contribution in [0.15, 0.2) is 42.5 Å². The van der Waals surface area contributed by atoms with Crippen molar-refractivity contribution in [3.63, 3.8) is 0 Å². The van der Waals surface area contributed by atoms with Crippen LogP contribution < -0.4 is 10.5 Å². The largest absolute Gasteiger partial charge is 0.489 e. The second kappa shape index (κ2) is 4.91. The lowest BCUT2D eigenvalue weighted by Crippen LogP contribution is -1.96. The molecule has 2 rings (SSSR count). The Morgan fingerprint density at radius 3 is 2.12 bits per heavy atom. The van der Waals surface area contributed by atoms with E-state index < -0.39 is 0 Å². The number of anilines is 1. The number of nitrogen functional groups attached to an aromatic ring is 1. The highest BCUT2D eigenvalue weighted by Gasteiger charge is 1.98. The summed E-state index contributed by atoms with van der Waals surface area (Å²) in [6.07, 6.45) is 0. The highest BCUT2D eigenvalue weighted by Crippen LogP contribution is 2.17. The third kappa shape index (κ3) is 3.25. The number of ether oxygens (including phenoxy) is 1. The molecule has 2 N–H and O–H groups in total. The number of hydrogen-bond acceptors (Lipinski definition) is 2. The molecule has 0 atom stereocenters. The molecule has 0 bridgehead atoms. The summed E-state index contributed by atoms with van der Waals surface area (Å²) in [5, 5.41) is 0. The monoisotopic (exact) mass is 227 g/mol. The Morgan fingerprint density at radius 1 is 0.941 bits per heavy atom. The third-order valence-electron chi connectivity index (χ3n) is 2.58. The van der Waals surface area contributed by atoms with Gasteiger partial charge < -0.3 is 10.5 Å². The number of aryl methyl sites for hydroxylation is 2. The molecule has 2 aromatic carbocycles. The molecule has 0 unspecified atom stereocenters. The zero-order chi connectivity index (χ0) is 12.3. The fraction of sp³-hybridized carbons (Fsp3) is 0.200. The van der Waals surface area contributed by atoms with Gasteiger partial charge in [-0.2, -0.15) is 0 Å². The lowest BCUT2D eigenvalue weighted by Gasteiger charge is -2.08. The van der Waals surface area contributed by atoms with Gasteiger partial charge in [-0.05, 0) is 54.8 Å². The number of nitrogens with two attached hydrogens (primary N) is 1. The van der Waals surface area contributed by atoms with Crippen LogP contribution in [0.25, 0.3) is 0 Å². The van der Waals surface area contributed by atoms with Gasteiger partial charge in [0.15, 0.2) is 0 Å². The molecule has 0 heterocycles. The van der Waals surface area contributed by atoms with Gasteiger partial charge in [0, 0.05) is 5.69 Å². The molecule has 0 saturated carbocycles. The highest BCUT2D eigenvalue weighted by molar-refractivity contribution is 5.39. The van der Waals surface area contributed by atoms with Crippen molar-refractivity contribution in [1.29, 1.82) is 0 Å². The zero-order valence-corrected chi connectivity index (χ0v) is 10.2. The quantitative estimate of drug-likeness (QED) is 0.815. The van der Waals surface area contributed by atoms with Crippen molar-refractivity contribution in [2.45, 2.75) is 20.5 Å². The molecule has 17 heavy (non-hydrogen) atoms. The molecule has 0 fully saturated rings. The second-order valence-corrected chi connectivity index (χ2v) is 4.35. The van der Waals surface area contributed by atoms with Crippen LogP contribution in [-0.4, -0.2) is 0 Å². The Hall–Kier alpha value is -1.96. The maximum Gasteiger partial charge on any atom is 0.120 e. The fourth-order valence-electron chi connectivity index (χ4n) is 1.80. The summed E-state index contributed by atoms with van der Waals surface area (Å²) in [6.45, 7) is 4.72. The van der Waals surface area contributed by atoms with Gasteiger partial charge in [0.05, 0.1) is 0 Å². The second-order valence-electron chi connectivity index (χ2n) is 4.35. The van der Waals surface area contributed by atoms with Gasteiger partial charge in [-0.3, -0.25) is 0 Å². The van der Waals surface area contributed by atoms with Crippen LogP contribution in [0, 0.1) is 13.8 Å². The SMILES string of the molecule is Cc1cc(C)cc(OCc2ccc(N)cc2)c1. The smallest absolute Gasteiger partial charge is 0.120 e. The van der Waals surface area contributed by atoms with Crippen LogP contribution in [0.2, 0.25) is 0 Å². The molecule has 0 radical (unpaired) electrons. The van der Waals surface area contributed by atoms with Crippen LogP contribution in [0.5, 0.6) is 5.75 Å². The van der Waals surface area contributed by atoms with Crippen LogP contribution in [0.4, 0.5) is 5.69 Å². The molecule has 0 aliphatic rings. The minimum atomic E-state index is 0.573. The Labute approximate surface area is 102 Å². The maximum atomic E-state index is 5.75. The predicted molar refractivity (Wildman–Crippen MR) is 71.1 cm³/mol. The average molecular weight is 227 g/mol. The summed E-state index contributed by atoms with van der Waals surface area (Å²) in [6, 6.07) is 14.0. The minimum absolute atomic E-state index is 0.573. The molecule has 2 heteroatoms. The van der Waals surface area contributed by atoms with Gasteiger partial charge in [-0.15, -0.1) is 0 Å². The first-order chi connectivity index (χ1) is 8.13. The summed E-state index contributed by atoms with van der Waals surface area (Å²) in [5.74, 6) is 0.916. The van der Waals surface area contributed by atoms with E-state index in [4.69, 9.17) is 10.5 Å². The van der Waals surface area contributed by atoms with Crippen LogP contribution in [0.1, 0.15) is 16.7 Å². The van der Waals surface area contributed by atoms with E-state index in [2.05, 4.69) is 19.9 Å². The van der Waals surface area contributed by atoms with Crippen molar-refractivity contribution < 1.29 is 4.74 Å². The van der Waals surface area contributed by atoms with Crippen molar-refractivity contribution in [2.75, 3.05) is 5.73 Å². The van der Waals surface area contributed by atoms with Gasteiger partial charge in [0.25, 0.3) is 0 Å². The van der Waals surface area contributed by atoms with E-state index in [-0.39, 0.29) is 0 Å². The Morgan fingerprint density at radius 2 is 1.53 bits per heavy atom. The molecule has 0 aliphatic heterocycles. The molecule has 88 valence electrons. The summed E-state index contributed by atoms with van der Waals surface area (Å²) >= 11 is 0. The van der Waals surface area contributed by atoms with E-state index >= 15 is 0 Å². The first-order valence-electron chi connectivity index (χ1n) is 5.69. The first kappa shape index (κ1) is 11.5. The van der Waals surface area contributed by atoms with Crippen LogP contribution in [-0.2, 0) is 6.61 Å². The van der Waals surface area contributed by atoms with Crippen molar-refractivity contribution in [2.24, 2.45) is 0 Å². The van der Waals surface area contributed by atoms with E-state index in [1.807, 2.05) is 36.4 Å². The van der Waals surface area contributed by atoms with E-state index in [1.54, 1.807) is 0 Å². The van der Waals surface area contributed by atoms with Gasteiger partial charge in [0.1, 0.15) is 12.4 Å². The standard InChI is InChI=1S/C15H17NO/c1-11-7-12(2)9-15(8-11)17-10-13-3-5-14(16)6-4-13/h3-9H,10,16H2,1-2H3. The lowest BCUT2D eigenvalue weighted by atomic mass is 10.1. The van der Waals surface area contributed by atoms with Crippen molar-refractivity contribution >= 4 is 5.69 Å². The third-order valence-corrected chi connectivity index (χ3v) is 2.58. The first-order valence-corrected chi connectivity index (χ1v) is 5.69. The summed E-state index contributed by atoms with van der Waals surface area (Å²) in [5.41, 5.74) is 9.97. The summed E-state index contributed by atoms with van der Waals surface area (Å²) in [7, 11) is 0. The molecule has 2 nitrogen and oxygen atoms in total. The summed E-state index contributed by atoms with van der Waals surface area (Å²) < 4.78 is 5.75. The Kier molecular flexibility index (Phi) is 3.33. The molecule has 0 aromatic heterocycles. The predicted octanol–water partition coefficient (Wildman–Crippen LogP) is 3.46. The van der Waals surface area contributed by atoms with Gasteiger partial charge in [-0.1, -0.05) is 18.2 Å². The Balaban J connectivity index is 2.04. The average Bonchev–Trinajstić information content (AvgIpc) is 2.27. The normalized spacial score (nSPS) is 10.2. The van der Waals surface area contributed by atoms with Crippen molar-refractivity contribution in [3.05, 3.63) is 59.2 Å². The fourth-order valence-corrected chi connectivity index (χ4v) is 1.80. The molecule has 2 aromatic rings. The van der Waals surface area contributed by atoms with Crippen molar-refractivity contribution in [1.82, 2.24) is 0 Å². The van der Waals surface area contributed by atoms with Gasteiger partial charge in [-0.25, -0.2) is 0 Å². The van der Waals surface area contributed by atoms with E-state index in [9.17, 15) is 0 Å². The topological polar surface area (TPSA) is 35.2 Å². The van der Waals surface area contributed by atoms with E-state index in [1.165, 1.54) is 11.1 Å². The molecule has 0 spiro atoms. The van der Waals surface area contributed by atoms with E-state index in [0.29, 0.717) is 6.61 Å². The summed E-state index contributed by atoms with van der Waals surface area (Å²) in [4.78, 5) is 0. The van der Waals surface area contributed by atoms with Crippen LogP contribution in [0.3, 0.4) is 0 Å². The van der Waals surface area contributed by atoms with E-state index in [0.717, 1.165) is 17.0 Å². The number of rotatable bonds is 3. The lowest BCUT2D eigenvalue weighted by molar-refractivity contribution is 0.306. The molecular formula is C15H17NO. The molecule has 0 saturated heterocycles. The number of benzene rings is 2. The number of hydrogen-bond donors (Lipinski definition) is 1. The molecular weight excluding hydrogens is 210 g/mol. The molecule has 0 aliphatic carbocycles. The zero-order valence-electron chi connectivity index (χ0n) is 10.2. The Bertz CT molecular complexity index is 483. The minimum Gasteiger partial charge on any atom is -0.489 e. The maximum absolute atomic E-state index is 5.75. The van der Waals surface area contributed by atoms with Gasteiger partial charge >= 0.3 is 0 Å². The van der Waals surface area contributed by atoms with Gasteiger partial charge in [0.2, 0.25) is 0 Å². The van der Waals surface area contributed by atoms with Crippen LogP contribution >= 0.6 is 0 Å². The van der Waals surface area contributed by atoms with Crippen molar-refractivity contribution in [3.8, 4) is 5.75 Å². The highest BCUT2D eigenvalue weighted by atomic mass is 16.5.